The van der Waals surface area contributed by atoms with Crippen LogP contribution in [-0.2, 0) is 0 Å². The molecule has 0 amide bonds. The first-order valence-electron chi connectivity index (χ1n) is 3.35. The summed E-state index contributed by atoms with van der Waals surface area (Å²) in [5, 5.41) is 8.20. The van der Waals surface area contributed by atoms with Crippen molar-refractivity contribution < 1.29 is 4.39 Å². The van der Waals surface area contributed by atoms with E-state index < -0.39 is 0 Å². The molecule has 2 N–H and O–H groups in total. The Kier molecular flexibility index (Phi) is 2.44. The van der Waals surface area contributed by atoms with Gasteiger partial charge in [-0.15, -0.1) is 0 Å². The van der Waals surface area contributed by atoms with Gasteiger partial charge in [-0.3, -0.25) is 0 Å². The van der Waals surface area contributed by atoms with Crippen molar-refractivity contribution in [3.8, 4) is 6.07 Å². The lowest BCUT2D eigenvalue weighted by Gasteiger charge is -1.96. The van der Waals surface area contributed by atoms with E-state index in [0.29, 0.717) is 11.3 Å². The minimum atomic E-state index is -0.379. The summed E-state index contributed by atoms with van der Waals surface area (Å²) in [6, 6.07) is 5.99. The van der Waals surface area contributed by atoms with Gasteiger partial charge in [-0.2, -0.15) is 5.26 Å². The maximum atomic E-state index is 12.9. The minimum absolute atomic E-state index is 0.330. The Morgan fingerprint density at radius 1 is 1.50 bits per heavy atom. The quantitative estimate of drug-likeness (QED) is 0.506. The molecule has 0 aliphatic heterocycles. The van der Waals surface area contributed by atoms with Gasteiger partial charge in [0, 0.05) is 17.3 Å². The average Bonchev–Trinajstić information content (AvgIpc) is 2.07. The number of halogens is 1. The van der Waals surface area contributed by atoms with Crippen molar-refractivity contribution in [1.82, 2.24) is 0 Å². The molecule has 0 aromatic heterocycles. The Balaban J connectivity index is 3.07. The fourth-order valence-electron chi connectivity index (χ4n) is 0.817. The van der Waals surface area contributed by atoms with Crippen molar-refractivity contribution in [1.29, 1.82) is 5.26 Å². The molecular formula is C9H7FN2. The van der Waals surface area contributed by atoms with Gasteiger partial charge in [-0.05, 0) is 24.3 Å². The zero-order valence-corrected chi connectivity index (χ0v) is 6.29. The molecule has 0 saturated carbocycles. The lowest BCUT2D eigenvalue weighted by Crippen LogP contribution is -1.87. The van der Waals surface area contributed by atoms with Crippen LogP contribution < -0.4 is 5.73 Å². The van der Waals surface area contributed by atoms with Crippen LogP contribution in [0.3, 0.4) is 0 Å². The molecular weight excluding hydrogens is 155 g/mol. The Morgan fingerprint density at radius 2 is 2.25 bits per heavy atom. The summed E-state index contributed by atoms with van der Waals surface area (Å²) >= 11 is 0. The Bertz CT molecular complexity index is 350. The molecule has 12 heavy (non-hydrogen) atoms. The van der Waals surface area contributed by atoms with E-state index in [0.717, 1.165) is 0 Å². The molecule has 60 valence electrons. The number of benzene rings is 1. The Labute approximate surface area is 69.7 Å². The highest BCUT2D eigenvalue weighted by Crippen LogP contribution is 2.13. The van der Waals surface area contributed by atoms with Gasteiger partial charge in [0.1, 0.15) is 5.82 Å². The summed E-state index contributed by atoms with van der Waals surface area (Å²) in [4.78, 5) is 0. The molecule has 1 aromatic carbocycles. The highest BCUT2D eigenvalue weighted by atomic mass is 19.1. The highest BCUT2D eigenvalue weighted by Gasteiger charge is 1.97. The second kappa shape index (κ2) is 3.54. The van der Waals surface area contributed by atoms with E-state index in [-0.39, 0.29) is 5.82 Å². The van der Waals surface area contributed by atoms with Crippen LogP contribution >= 0.6 is 0 Å². The van der Waals surface area contributed by atoms with Crippen LogP contribution in [0.2, 0.25) is 0 Å². The third-order valence-electron chi connectivity index (χ3n) is 1.36. The van der Waals surface area contributed by atoms with Gasteiger partial charge in [0.25, 0.3) is 0 Å². The maximum absolute atomic E-state index is 12.9. The van der Waals surface area contributed by atoms with Crippen molar-refractivity contribution in [3.05, 3.63) is 35.7 Å². The second-order valence-electron chi connectivity index (χ2n) is 2.24. The fraction of sp³-hybridized carbons (Fsp3) is 0. The SMILES string of the molecule is N#CC=Cc1cc(N)ccc1F. The van der Waals surface area contributed by atoms with Gasteiger partial charge in [0.2, 0.25) is 0 Å². The highest BCUT2D eigenvalue weighted by molar-refractivity contribution is 5.57. The molecule has 0 heterocycles. The average molecular weight is 162 g/mol. The fourth-order valence-corrected chi connectivity index (χ4v) is 0.817. The largest absolute Gasteiger partial charge is 0.399 e. The van der Waals surface area contributed by atoms with E-state index in [1.807, 2.05) is 0 Å². The summed E-state index contributed by atoms with van der Waals surface area (Å²) < 4.78 is 12.9. The second-order valence-corrected chi connectivity index (χ2v) is 2.24. The van der Waals surface area contributed by atoms with Crippen molar-refractivity contribution in [2.45, 2.75) is 0 Å². The predicted octanol–water partition coefficient (Wildman–Crippen LogP) is 1.94. The molecule has 0 atom stereocenters. The Morgan fingerprint density at radius 3 is 2.92 bits per heavy atom. The first-order valence-corrected chi connectivity index (χ1v) is 3.35. The normalized spacial score (nSPS) is 10.0. The summed E-state index contributed by atoms with van der Waals surface area (Å²) in [5.74, 6) is -0.379. The zero-order chi connectivity index (χ0) is 8.97. The predicted molar refractivity (Wildman–Crippen MR) is 45.5 cm³/mol. The van der Waals surface area contributed by atoms with Gasteiger partial charge in [0.15, 0.2) is 0 Å². The number of anilines is 1. The van der Waals surface area contributed by atoms with Crippen LogP contribution in [0.4, 0.5) is 10.1 Å². The molecule has 0 fully saturated rings. The third-order valence-corrected chi connectivity index (χ3v) is 1.36. The van der Waals surface area contributed by atoms with Crippen molar-refractivity contribution in [2.24, 2.45) is 0 Å². The van der Waals surface area contributed by atoms with E-state index in [1.165, 1.54) is 30.4 Å². The molecule has 3 heteroatoms. The molecule has 1 aromatic rings. The number of nitriles is 1. The molecule has 0 aliphatic carbocycles. The van der Waals surface area contributed by atoms with Gasteiger partial charge >= 0.3 is 0 Å². The molecule has 0 aliphatic rings. The smallest absolute Gasteiger partial charge is 0.130 e. The number of hydrogen-bond acceptors (Lipinski definition) is 2. The van der Waals surface area contributed by atoms with Crippen LogP contribution in [-0.4, -0.2) is 0 Å². The van der Waals surface area contributed by atoms with Gasteiger partial charge in [0.05, 0.1) is 6.07 Å². The lowest BCUT2D eigenvalue weighted by atomic mass is 10.2. The van der Waals surface area contributed by atoms with Crippen LogP contribution in [0, 0.1) is 17.1 Å². The van der Waals surface area contributed by atoms with Gasteiger partial charge in [-0.25, -0.2) is 4.39 Å². The van der Waals surface area contributed by atoms with E-state index >= 15 is 0 Å². The van der Waals surface area contributed by atoms with Crippen molar-refractivity contribution in [3.63, 3.8) is 0 Å². The van der Waals surface area contributed by atoms with Gasteiger partial charge < -0.3 is 5.73 Å². The molecule has 0 saturated heterocycles. The van der Waals surface area contributed by atoms with E-state index in [9.17, 15) is 4.39 Å². The minimum Gasteiger partial charge on any atom is -0.399 e. The van der Waals surface area contributed by atoms with Crippen LogP contribution in [0.15, 0.2) is 24.3 Å². The maximum Gasteiger partial charge on any atom is 0.130 e. The van der Waals surface area contributed by atoms with Crippen molar-refractivity contribution >= 4 is 11.8 Å². The van der Waals surface area contributed by atoms with E-state index in [4.69, 9.17) is 11.0 Å². The number of nitrogens with zero attached hydrogens (tertiary/aromatic N) is 1. The first-order chi connectivity index (χ1) is 5.74. The number of nitrogens with two attached hydrogens (primary N) is 1. The number of rotatable bonds is 1. The monoisotopic (exact) mass is 162 g/mol. The Hall–Kier alpha value is -1.82. The standard InChI is InChI=1S/C9H7FN2/c10-9-4-3-8(12)6-7(9)2-1-5-11/h1-4,6H,12H2. The number of nitrogen functional groups attached to an aromatic ring is 1. The summed E-state index contributed by atoms with van der Waals surface area (Å²) in [7, 11) is 0. The molecule has 0 unspecified atom stereocenters. The lowest BCUT2D eigenvalue weighted by molar-refractivity contribution is 0.625. The van der Waals surface area contributed by atoms with Crippen molar-refractivity contribution in [2.75, 3.05) is 5.73 Å². The van der Waals surface area contributed by atoms with Crippen LogP contribution in [0.25, 0.3) is 6.08 Å². The topological polar surface area (TPSA) is 49.8 Å². The third kappa shape index (κ3) is 1.83. The molecule has 2 nitrogen and oxygen atoms in total. The summed E-state index contributed by atoms with van der Waals surface area (Å²) in [6.45, 7) is 0. The number of allylic oxidation sites excluding steroid dienone is 1. The first kappa shape index (κ1) is 8.28. The van der Waals surface area contributed by atoms with E-state index in [1.54, 1.807) is 6.07 Å². The van der Waals surface area contributed by atoms with E-state index in [2.05, 4.69) is 0 Å². The van der Waals surface area contributed by atoms with Crippen LogP contribution in [0.1, 0.15) is 5.56 Å². The molecule has 0 spiro atoms. The zero-order valence-electron chi connectivity index (χ0n) is 6.29. The molecule has 0 radical (unpaired) electrons. The van der Waals surface area contributed by atoms with Crippen LogP contribution in [0.5, 0.6) is 0 Å². The summed E-state index contributed by atoms with van der Waals surface area (Å²) in [6.07, 6.45) is 2.59. The molecule has 1 rings (SSSR count). The van der Waals surface area contributed by atoms with Gasteiger partial charge in [-0.1, -0.05) is 0 Å². The number of hydrogen-bond donors (Lipinski definition) is 1. The molecule has 0 bridgehead atoms. The summed E-state index contributed by atoms with van der Waals surface area (Å²) in [5.41, 5.74) is 6.23.